The third-order valence-corrected chi connectivity index (χ3v) is 4.65. The van der Waals surface area contributed by atoms with Gasteiger partial charge in [-0.3, -0.25) is 33.6 Å². The number of carboxylic acids is 6. The Morgan fingerprint density at radius 3 is 0.956 bits per heavy atom. The summed E-state index contributed by atoms with van der Waals surface area (Å²) in [6.45, 7) is 9.78. The molecule has 0 aromatic carbocycles. The highest BCUT2D eigenvalue weighted by molar-refractivity contribution is 5.83. The van der Waals surface area contributed by atoms with E-state index in [1.165, 1.54) is 13.8 Å². The monoisotopic (exact) mass is 663 g/mol. The molecule has 0 rings (SSSR count). The maximum atomic E-state index is 10.2. The molecule has 0 aromatic heterocycles. The van der Waals surface area contributed by atoms with Gasteiger partial charge in [0, 0.05) is 0 Å². The van der Waals surface area contributed by atoms with Crippen LogP contribution >= 0.6 is 0 Å². The van der Waals surface area contributed by atoms with Gasteiger partial charge in [0.15, 0.2) is 0 Å². The van der Waals surface area contributed by atoms with E-state index in [1.54, 1.807) is 13.8 Å². The zero-order valence-electron chi connectivity index (χ0n) is 26.3. The fraction of sp³-hybridized carbons (Fsp3) is 0.708. The van der Waals surface area contributed by atoms with E-state index < -0.39 is 78.0 Å². The number of primary amides is 1. The van der Waals surface area contributed by atoms with Gasteiger partial charge in [-0.15, -0.1) is 0 Å². The molecule has 0 saturated heterocycles. The third kappa shape index (κ3) is 44.6. The van der Waals surface area contributed by atoms with Crippen LogP contribution in [0, 0.1) is 11.8 Å². The molecule has 0 aliphatic heterocycles. The molecule has 45 heavy (non-hydrogen) atoms. The maximum Gasteiger partial charge on any atom is 0.323 e. The molecule has 0 unspecified atom stereocenters. The minimum absolute atomic E-state index is 0.0208. The van der Waals surface area contributed by atoms with Gasteiger partial charge in [0.2, 0.25) is 5.91 Å². The summed E-state index contributed by atoms with van der Waals surface area (Å²) in [4.78, 5) is 68.8. The molecule has 7 atom stereocenters. The number of aliphatic carboxylic acids is 6. The number of carbonyl (C=O) groups is 7. The van der Waals surface area contributed by atoms with Crippen LogP contribution in [0.1, 0.15) is 54.4 Å². The van der Waals surface area contributed by atoms with Crippen molar-refractivity contribution in [2.45, 2.75) is 90.7 Å². The van der Waals surface area contributed by atoms with Crippen LogP contribution in [0.2, 0.25) is 0 Å². The van der Waals surface area contributed by atoms with Gasteiger partial charge in [-0.25, -0.2) is 0 Å². The van der Waals surface area contributed by atoms with E-state index in [-0.39, 0.29) is 24.8 Å². The van der Waals surface area contributed by atoms with Crippen LogP contribution < -0.4 is 40.1 Å². The highest BCUT2D eigenvalue weighted by Crippen LogP contribution is 2.04. The number of hydrogen-bond acceptors (Lipinski definition) is 14. The number of nitrogens with two attached hydrogens (primary N) is 7. The zero-order chi connectivity index (χ0) is 37.8. The van der Waals surface area contributed by atoms with Crippen LogP contribution in [-0.4, -0.2) is 120 Å². The second kappa shape index (κ2) is 31.4. The van der Waals surface area contributed by atoms with Crippen molar-refractivity contribution in [3.8, 4) is 0 Å². The standard InChI is InChI=1S/C6H13NO2.C5H11NO2.C4H8N2O3.C4H9NO3.C3H7NO2.C2H5NO2/c1-3-4(2)5(7)6(8)9;1-3(2)4(6)5(7)8;5-2(4(8)9)1-3(6)7;1-2(6)3(5)4(7)8;1-2(4)3(5)6;3-1-2(4)5/h4-5H,3,7H2,1-2H3,(H,8,9);3-4H,6H2,1-2H3,(H,7,8);2H,1,5H2,(H2,6,7)(H,8,9);2-3,6H,5H2,1H3,(H,7,8);2H,4H2,1H3,(H,5,6);1,3H2,(H,4,5)/t4-,5-;4-;2-;2-,3+;2-;/m00010./s1. The molecule has 0 bridgehead atoms. The van der Waals surface area contributed by atoms with Crippen LogP contribution in [0.25, 0.3) is 0 Å². The van der Waals surface area contributed by atoms with Crippen molar-refractivity contribution in [3.63, 3.8) is 0 Å². The molecule has 0 aliphatic carbocycles. The predicted octanol–water partition coefficient (Wildman–Crippen LogP) is -4.00. The third-order valence-electron chi connectivity index (χ3n) is 4.65. The number of aliphatic hydroxyl groups is 1. The first-order valence-corrected chi connectivity index (χ1v) is 13.0. The molecular formula is C24H53N7O14. The van der Waals surface area contributed by atoms with E-state index in [0.717, 1.165) is 6.42 Å². The summed E-state index contributed by atoms with van der Waals surface area (Å²) >= 11 is 0. The van der Waals surface area contributed by atoms with E-state index in [9.17, 15) is 33.6 Å². The summed E-state index contributed by atoms with van der Waals surface area (Å²) in [5.41, 5.74) is 34.3. The van der Waals surface area contributed by atoms with Crippen LogP contribution in [0.5, 0.6) is 0 Å². The first-order valence-electron chi connectivity index (χ1n) is 13.0. The Kier molecular flexibility index (Phi) is 37.4. The number of amides is 1. The van der Waals surface area contributed by atoms with Gasteiger partial charge in [0.05, 0.1) is 19.1 Å². The Bertz CT molecular complexity index is 849. The van der Waals surface area contributed by atoms with E-state index in [0.29, 0.717) is 0 Å². The quantitative estimate of drug-likeness (QED) is 0.0945. The smallest absolute Gasteiger partial charge is 0.323 e. The van der Waals surface area contributed by atoms with Gasteiger partial charge in [-0.1, -0.05) is 34.1 Å². The van der Waals surface area contributed by atoms with Gasteiger partial charge in [-0.2, -0.15) is 0 Å². The SMILES string of the molecule is CC(C)[C@H](N)C(=O)O.CC[C@H](C)[C@H](N)C(=O)O.C[C@@H](O)[C@H](N)C(=O)O.C[C@H](N)C(=O)O.NC(=O)C[C@H](N)C(=O)O.NCC(=O)O. The van der Waals surface area contributed by atoms with E-state index >= 15 is 0 Å². The molecule has 1 amide bonds. The first-order chi connectivity index (χ1) is 20.1. The summed E-state index contributed by atoms with van der Waals surface area (Å²) in [5.74, 6) is -6.78. The molecule has 0 spiro atoms. The van der Waals surface area contributed by atoms with E-state index in [2.05, 4.69) is 11.5 Å². The number of carboxylic acid groups (broad SMARTS) is 6. The molecule has 0 aliphatic rings. The van der Waals surface area contributed by atoms with Crippen molar-refractivity contribution in [2.75, 3.05) is 6.54 Å². The van der Waals surface area contributed by atoms with Crippen LogP contribution in [0.15, 0.2) is 0 Å². The average Bonchev–Trinajstić information content (AvgIpc) is 2.91. The number of carbonyl (C=O) groups excluding carboxylic acids is 1. The Morgan fingerprint density at radius 2 is 0.911 bits per heavy atom. The zero-order valence-corrected chi connectivity index (χ0v) is 26.3. The summed E-state index contributed by atoms with van der Waals surface area (Å²) in [6.07, 6.45) is -0.476. The Hall–Kier alpha value is -3.99. The molecule has 21 nitrogen and oxygen atoms in total. The minimum Gasteiger partial charge on any atom is -0.480 e. The Labute approximate surface area is 260 Å². The second-order valence-electron chi connectivity index (χ2n) is 9.30. The van der Waals surface area contributed by atoms with Crippen molar-refractivity contribution >= 4 is 41.7 Å². The average molecular weight is 664 g/mol. The van der Waals surface area contributed by atoms with E-state index in [4.69, 9.17) is 64.4 Å². The van der Waals surface area contributed by atoms with Crippen molar-refractivity contribution in [2.24, 2.45) is 52.0 Å². The molecule has 0 aromatic rings. The topological polar surface area (TPSA) is 443 Å². The maximum absolute atomic E-state index is 10.2. The summed E-state index contributed by atoms with van der Waals surface area (Å²) in [5, 5.41) is 56.7. The van der Waals surface area contributed by atoms with Crippen LogP contribution in [0.3, 0.4) is 0 Å². The molecule has 0 heterocycles. The second-order valence-corrected chi connectivity index (χ2v) is 9.30. The van der Waals surface area contributed by atoms with Crippen molar-refractivity contribution in [1.82, 2.24) is 0 Å². The summed E-state index contributed by atoms with van der Waals surface area (Å²) in [7, 11) is 0. The van der Waals surface area contributed by atoms with Crippen molar-refractivity contribution in [3.05, 3.63) is 0 Å². The molecule has 0 saturated carbocycles. The highest BCUT2D eigenvalue weighted by Gasteiger charge is 2.18. The van der Waals surface area contributed by atoms with Gasteiger partial charge >= 0.3 is 35.8 Å². The first kappa shape index (κ1) is 53.6. The molecular weight excluding hydrogens is 610 g/mol. The number of hydrogen-bond donors (Lipinski definition) is 14. The fourth-order valence-electron chi connectivity index (χ4n) is 1.29. The van der Waals surface area contributed by atoms with Gasteiger partial charge in [0.25, 0.3) is 0 Å². The lowest BCUT2D eigenvalue weighted by atomic mass is 10.0. The lowest BCUT2D eigenvalue weighted by molar-refractivity contribution is -0.141. The van der Waals surface area contributed by atoms with Crippen LogP contribution in [0.4, 0.5) is 0 Å². The normalized spacial score (nSPS) is 14.1. The Balaban J connectivity index is -0.000000102. The van der Waals surface area contributed by atoms with Crippen LogP contribution in [-0.2, 0) is 33.6 Å². The van der Waals surface area contributed by atoms with Gasteiger partial charge in [-0.05, 0) is 25.7 Å². The molecule has 21 heteroatoms. The number of aliphatic hydroxyl groups excluding tert-OH is 1. The summed E-state index contributed by atoms with van der Waals surface area (Å²) < 4.78 is 0. The van der Waals surface area contributed by atoms with Crippen molar-refractivity contribution < 1.29 is 69.3 Å². The minimum atomic E-state index is -1.21. The fourth-order valence-corrected chi connectivity index (χ4v) is 1.29. The lowest BCUT2D eigenvalue weighted by Gasteiger charge is -2.11. The predicted molar refractivity (Wildman–Crippen MR) is 160 cm³/mol. The molecule has 0 radical (unpaired) electrons. The molecule has 268 valence electrons. The Morgan fingerprint density at radius 1 is 0.600 bits per heavy atom. The number of rotatable bonds is 12. The lowest BCUT2D eigenvalue weighted by Crippen LogP contribution is -2.39. The van der Waals surface area contributed by atoms with Gasteiger partial charge in [0.1, 0.15) is 30.2 Å². The molecule has 21 N–H and O–H groups in total. The molecule has 0 fully saturated rings. The van der Waals surface area contributed by atoms with E-state index in [1.807, 2.05) is 13.8 Å². The highest BCUT2D eigenvalue weighted by atomic mass is 16.4. The largest absolute Gasteiger partial charge is 0.480 e. The van der Waals surface area contributed by atoms with Crippen molar-refractivity contribution in [1.29, 1.82) is 0 Å². The summed E-state index contributed by atoms with van der Waals surface area (Å²) in [6, 6.07) is -4.47. The van der Waals surface area contributed by atoms with Gasteiger partial charge < -0.3 is 75.9 Å².